The van der Waals surface area contributed by atoms with Crippen LogP contribution in [-0.2, 0) is 14.3 Å². The Balaban J connectivity index is 2.05. The van der Waals surface area contributed by atoms with E-state index < -0.39 is 24.5 Å². The lowest BCUT2D eigenvalue weighted by molar-refractivity contribution is -0.119. The zero-order valence-electron chi connectivity index (χ0n) is 15.8. The lowest BCUT2D eigenvalue weighted by Gasteiger charge is -2.07. The molecular formula is C20H20N2O5S. The summed E-state index contributed by atoms with van der Waals surface area (Å²) in [6, 6.07) is 9.62. The number of nitriles is 1. The Kier molecular flexibility index (Phi) is 7.29. The molecule has 0 aliphatic rings. The molecule has 0 aliphatic heterocycles. The third-order valence-electron chi connectivity index (χ3n) is 3.63. The molecule has 2 rings (SSSR count). The van der Waals surface area contributed by atoms with Crippen LogP contribution in [0.1, 0.15) is 57.8 Å². The maximum absolute atomic E-state index is 12.2. The number of esters is 2. The Bertz CT molecular complexity index is 927. The summed E-state index contributed by atoms with van der Waals surface area (Å²) in [6.45, 7) is 5.35. The van der Waals surface area contributed by atoms with Gasteiger partial charge >= 0.3 is 11.9 Å². The molecule has 0 aliphatic carbocycles. The van der Waals surface area contributed by atoms with Crippen molar-refractivity contribution in [2.75, 3.05) is 18.5 Å². The molecule has 0 spiro atoms. The zero-order valence-corrected chi connectivity index (χ0v) is 16.6. The van der Waals surface area contributed by atoms with Gasteiger partial charge < -0.3 is 14.8 Å². The number of ether oxygens (including phenoxy) is 2. The number of amides is 1. The topological polar surface area (TPSA) is 105 Å². The highest BCUT2D eigenvalue weighted by atomic mass is 32.1. The van der Waals surface area contributed by atoms with Crippen molar-refractivity contribution in [2.45, 2.75) is 26.7 Å². The van der Waals surface area contributed by atoms with E-state index in [0.29, 0.717) is 10.6 Å². The molecule has 0 bridgehead atoms. The number of thiophene rings is 1. The van der Waals surface area contributed by atoms with E-state index in [1.165, 1.54) is 23.5 Å². The van der Waals surface area contributed by atoms with Crippen LogP contribution in [0.2, 0.25) is 0 Å². The van der Waals surface area contributed by atoms with Gasteiger partial charge in [0.15, 0.2) is 6.61 Å². The highest BCUT2D eigenvalue weighted by Crippen LogP contribution is 2.33. The smallest absolute Gasteiger partial charge is 0.341 e. The third-order valence-corrected chi connectivity index (χ3v) is 4.98. The van der Waals surface area contributed by atoms with Crippen LogP contribution in [0.4, 0.5) is 5.00 Å². The van der Waals surface area contributed by atoms with Gasteiger partial charge in [-0.3, -0.25) is 4.79 Å². The fourth-order valence-corrected chi connectivity index (χ4v) is 3.31. The lowest BCUT2D eigenvalue weighted by atomic mass is 10.1. The van der Waals surface area contributed by atoms with Crippen LogP contribution in [0.5, 0.6) is 0 Å². The predicted molar refractivity (Wildman–Crippen MR) is 104 cm³/mol. The Morgan fingerprint density at radius 3 is 2.57 bits per heavy atom. The molecule has 1 N–H and O–H groups in total. The van der Waals surface area contributed by atoms with Crippen molar-refractivity contribution < 1.29 is 23.9 Å². The van der Waals surface area contributed by atoms with E-state index in [9.17, 15) is 14.4 Å². The molecule has 0 saturated carbocycles. The van der Waals surface area contributed by atoms with Gasteiger partial charge in [-0.05, 0) is 37.1 Å². The molecule has 1 aromatic carbocycles. The zero-order chi connectivity index (χ0) is 20.7. The molecule has 1 heterocycles. The molecule has 0 atom stereocenters. The summed E-state index contributed by atoms with van der Waals surface area (Å²) in [4.78, 5) is 37.3. The predicted octanol–water partition coefficient (Wildman–Crippen LogP) is 3.72. The quantitative estimate of drug-likeness (QED) is 0.710. The number of nitrogens with zero attached hydrogens (tertiary/aromatic N) is 1. The second kappa shape index (κ2) is 9.67. The Morgan fingerprint density at radius 1 is 1.18 bits per heavy atom. The molecule has 146 valence electrons. The van der Waals surface area contributed by atoms with Crippen molar-refractivity contribution in [1.29, 1.82) is 5.26 Å². The molecule has 7 nitrogen and oxygen atoms in total. The first-order valence-electron chi connectivity index (χ1n) is 8.63. The van der Waals surface area contributed by atoms with Crippen LogP contribution >= 0.6 is 11.3 Å². The maximum Gasteiger partial charge on any atom is 0.341 e. The van der Waals surface area contributed by atoms with E-state index in [0.717, 1.165) is 4.88 Å². The van der Waals surface area contributed by atoms with Crippen molar-refractivity contribution in [1.82, 2.24) is 0 Å². The van der Waals surface area contributed by atoms with Crippen LogP contribution < -0.4 is 5.32 Å². The van der Waals surface area contributed by atoms with E-state index in [2.05, 4.69) is 5.32 Å². The summed E-state index contributed by atoms with van der Waals surface area (Å²) in [6.07, 6.45) is 0. The number of carbonyl (C=O) groups is 3. The summed E-state index contributed by atoms with van der Waals surface area (Å²) in [7, 11) is 0. The molecule has 0 radical (unpaired) electrons. The summed E-state index contributed by atoms with van der Waals surface area (Å²) < 4.78 is 10.0. The fraction of sp³-hybridized carbons (Fsp3) is 0.300. The normalized spacial score (nSPS) is 10.2. The highest BCUT2D eigenvalue weighted by Gasteiger charge is 2.21. The molecule has 28 heavy (non-hydrogen) atoms. The first kappa shape index (κ1) is 21.1. The van der Waals surface area contributed by atoms with Crippen molar-refractivity contribution in [2.24, 2.45) is 0 Å². The molecule has 2 aromatic rings. The highest BCUT2D eigenvalue weighted by molar-refractivity contribution is 7.16. The minimum absolute atomic E-state index is 0.175. The third kappa shape index (κ3) is 5.41. The van der Waals surface area contributed by atoms with E-state index >= 15 is 0 Å². The van der Waals surface area contributed by atoms with Gasteiger partial charge in [0, 0.05) is 4.88 Å². The van der Waals surface area contributed by atoms with Gasteiger partial charge in [0.1, 0.15) is 5.00 Å². The number of hydrogen-bond donors (Lipinski definition) is 1. The van der Waals surface area contributed by atoms with Gasteiger partial charge in [0.2, 0.25) is 0 Å². The minimum Gasteiger partial charge on any atom is -0.462 e. The molecule has 1 aromatic heterocycles. The first-order chi connectivity index (χ1) is 13.3. The van der Waals surface area contributed by atoms with Crippen molar-refractivity contribution in [3.8, 4) is 6.07 Å². The lowest BCUT2D eigenvalue weighted by Crippen LogP contribution is -2.21. The molecular weight excluding hydrogens is 380 g/mol. The summed E-state index contributed by atoms with van der Waals surface area (Å²) >= 11 is 1.28. The Hall–Kier alpha value is -3.18. The molecule has 0 saturated heterocycles. The van der Waals surface area contributed by atoms with Crippen LogP contribution in [0.25, 0.3) is 0 Å². The van der Waals surface area contributed by atoms with Crippen molar-refractivity contribution in [3.05, 3.63) is 51.9 Å². The second-order valence-electron chi connectivity index (χ2n) is 6.08. The van der Waals surface area contributed by atoms with E-state index in [1.54, 1.807) is 25.1 Å². The summed E-state index contributed by atoms with van der Waals surface area (Å²) in [5, 5.41) is 11.8. The second-order valence-corrected chi connectivity index (χ2v) is 7.17. The SMILES string of the molecule is CCOC(=O)c1cc(C(C)C)sc1NC(=O)COC(=O)c1cccc(C#N)c1. The van der Waals surface area contributed by atoms with E-state index in [4.69, 9.17) is 14.7 Å². The number of hydrogen-bond acceptors (Lipinski definition) is 7. The largest absolute Gasteiger partial charge is 0.462 e. The standard InChI is InChI=1S/C20H20N2O5S/c1-4-26-20(25)15-9-16(12(2)3)28-18(15)22-17(23)11-27-19(24)14-7-5-6-13(8-14)10-21/h5-9,12H,4,11H2,1-3H3,(H,22,23). The Morgan fingerprint density at radius 2 is 1.93 bits per heavy atom. The van der Waals surface area contributed by atoms with Gasteiger partial charge in [-0.25, -0.2) is 9.59 Å². The van der Waals surface area contributed by atoms with Gasteiger partial charge in [-0.15, -0.1) is 11.3 Å². The molecule has 8 heteroatoms. The summed E-state index contributed by atoms with van der Waals surface area (Å²) in [5.41, 5.74) is 0.770. The first-order valence-corrected chi connectivity index (χ1v) is 9.45. The van der Waals surface area contributed by atoms with Crippen LogP contribution in [0, 0.1) is 11.3 Å². The number of carbonyl (C=O) groups excluding carboxylic acids is 3. The van der Waals surface area contributed by atoms with E-state index in [-0.39, 0.29) is 23.7 Å². The van der Waals surface area contributed by atoms with Crippen LogP contribution in [0.3, 0.4) is 0 Å². The van der Waals surface area contributed by atoms with Gasteiger partial charge in [0.25, 0.3) is 5.91 Å². The average Bonchev–Trinajstić information content (AvgIpc) is 3.10. The van der Waals surface area contributed by atoms with Crippen molar-refractivity contribution in [3.63, 3.8) is 0 Å². The van der Waals surface area contributed by atoms with Gasteiger partial charge in [-0.1, -0.05) is 19.9 Å². The number of nitrogens with one attached hydrogen (secondary N) is 1. The monoisotopic (exact) mass is 400 g/mol. The summed E-state index contributed by atoms with van der Waals surface area (Å²) in [5.74, 6) is -1.64. The van der Waals surface area contributed by atoms with Crippen LogP contribution in [0.15, 0.2) is 30.3 Å². The minimum atomic E-state index is -0.716. The fourth-order valence-electron chi connectivity index (χ4n) is 2.24. The number of benzene rings is 1. The number of rotatable bonds is 7. The maximum atomic E-state index is 12.2. The average molecular weight is 400 g/mol. The molecule has 0 unspecified atom stereocenters. The van der Waals surface area contributed by atoms with Gasteiger partial charge in [0.05, 0.1) is 29.4 Å². The molecule has 0 fully saturated rings. The number of anilines is 1. The van der Waals surface area contributed by atoms with Gasteiger partial charge in [-0.2, -0.15) is 5.26 Å². The molecule has 1 amide bonds. The Labute approximate surface area is 166 Å². The van der Waals surface area contributed by atoms with Crippen LogP contribution in [-0.4, -0.2) is 31.1 Å². The van der Waals surface area contributed by atoms with E-state index in [1.807, 2.05) is 19.9 Å². The van der Waals surface area contributed by atoms with Crippen molar-refractivity contribution >= 4 is 34.2 Å².